The zero-order valence-electron chi connectivity index (χ0n) is 9.58. The summed E-state index contributed by atoms with van der Waals surface area (Å²) in [5, 5.41) is 5.91. The second-order valence-corrected chi connectivity index (χ2v) is 2.64. The molecule has 0 unspecified atom stereocenters. The molecule has 0 fully saturated rings. The minimum atomic E-state index is -0.272. The van der Waals surface area contributed by atoms with Crippen molar-refractivity contribution in [1.29, 1.82) is 0 Å². The number of aliphatic imine (C=N–C) groups is 1. The Labute approximate surface area is 113 Å². The van der Waals surface area contributed by atoms with E-state index in [1.807, 2.05) is 6.92 Å². The number of halogens is 1. The second-order valence-electron chi connectivity index (χ2n) is 2.64. The van der Waals surface area contributed by atoms with Gasteiger partial charge < -0.3 is 15.4 Å². The Kier molecular flexibility index (Phi) is 13.2. The Morgan fingerprint density at radius 2 is 2.19 bits per heavy atom. The van der Waals surface area contributed by atoms with Crippen molar-refractivity contribution >= 4 is 35.9 Å². The largest absolute Gasteiger partial charge is 0.469 e. The third-order valence-corrected chi connectivity index (χ3v) is 1.52. The first-order valence-corrected chi connectivity index (χ1v) is 4.77. The second kappa shape index (κ2) is 12.1. The number of carbonyl (C=O) groups excluding carboxylic acids is 1. The number of carbonyl (C=O) groups is 1. The summed E-state index contributed by atoms with van der Waals surface area (Å²) in [7, 11) is 1.36. The molecule has 0 aromatic rings. The van der Waals surface area contributed by atoms with Crippen molar-refractivity contribution in [2.45, 2.75) is 13.3 Å². The molecule has 0 aromatic carbocycles. The van der Waals surface area contributed by atoms with E-state index in [1.165, 1.54) is 7.11 Å². The van der Waals surface area contributed by atoms with Crippen LogP contribution in [0.15, 0.2) is 4.99 Å². The van der Waals surface area contributed by atoms with Gasteiger partial charge in [-0.1, -0.05) is 5.92 Å². The van der Waals surface area contributed by atoms with E-state index in [0.29, 0.717) is 19.0 Å². The molecule has 0 rings (SSSR count). The lowest BCUT2D eigenvalue weighted by Gasteiger charge is -2.08. The van der Waals surface area contributed by atoms with Gasteiger partial charge in [0.1, 0.15) is 0 Å². The first-order chi connectivity index (χ1) is 7.24. The molecule has 16 heavy (non-hydrogen) atoms. The third-order valence-electron chi connectivity index (χ3n) is 1.52. The lowest BCUT2D eigenvalue weighted by molar-refractivity contribution is -0.140. The van der Waals surface area contributed by atoms with Crippen molar-refractivity contribution in [3.8, 4) is 12.3 Å². The van der Waals surface area contributed by atoms with Crippen molar-refractivity contribution in [1.82, 2.24) is 10.6 Å². The Hall–Kier alpha value is -0.970. The van der Waals surface area contributed by atoms with Gasteiger partial charge in [-0.05, 0) is 6.92 Å². The predicted octanol–water partition coefficient (Wildman–Crippen LogP) is 0.356. The van der Waals surface area contributed by atoms with E-state index >= 15 is 0 Å². The Balaban J connectivity index is 0. The fourth-order valence-corrected chi connectivity index (χ4v) is 0.838. The number of guanidine groups is 1. The van der Waals surface area contributed by atoms with E-state index in [0.717, 1.165) is 6.54 Å². The molecule has 0 atom stereocenters. The van der Waals surface area contributed by atoms with Crippen LogP contribution in [0.1, 0.15) is 13.3 Å². The number of hydrogen-bond acceptors (Lipinski definition) is 3. The highest BCUT2D eigenvalue weighted by Gasteiger charge is 1.99. The summed E-state index contributed by atoms with van der Waals surface area (Å²) >= 11 is 0. The van der Waals surface area contributed by atoms with Gasteiger partial charge in [-0.15, -0.1) is 30.4 Å². The lowest BCUT2D eigenvalue weighted by atomic mass is 10.4. The van der Waals surface area contributed by atoms with Gasteiger partial charge >= 0.3 is 5.97 Å². The summed E-state index contributed by atoms with van der Waals surface area (Å²) in [4.78, 5) is 14.9. The van der Waals surface area contributed by atoms with Crippen molar-refractivity contribution < 1.29 is 9.53 Å². The van der Waals surface area contributed by atoms with E-state index in [1.54, 1.807) is 0 Å². The number of esters is 1. The molecule has 0 saturated heterocycles. The Bertz CT molecular complexity index is 261. The number of ether oxygens (including phenoxy) is 1. The highest BCUT2D eigenvalue weighted by atomic mass is 127. The number of methoxy groups -OCH3 is 1. The van der Waals surface area contributed by atoms with Crippen LogP contribution in [-0.2, 0) is 9.53 Å². The molecule has 0 radical (unpaired) electrons. The van der Waals surface area contributed by atoms with Gasteiger partial charge in [0.25, 0.3) is 0 Å². The van der Waals surface area contributed by atoms with Gasteiger partial charge in [0.2, 0.25) is 0 Å². The molecule has 0 heterocycles. The Morgan fingerprint density at radius 1 is 1.50 bits per heavy atom. The van der Waals surface area contributed by atoms with E-state index in [-0.39, 0.29) is 36.4 Å². The summed E-state index contributed by atoms with van der Waals surface area (Å²) in [5.41, 5.74) is 0. The summed E-state index contributed by atoms with van der Waals surface area (Å²) in [5.74, 6) is 2.78. The molecule has 5 nitrogen and oxygen atoms in total. The third kappa shape index (κ3) is 9.58. The molecule has 6 heteroatoms. The van der Waals surface area contributed by atoms with Crippen molar-refractivity contribution in [2.24, 2.45) is 4.99 Å². The van der Waals surface area contributed by atoms with Gasteiger partial charge in [0.15, 0.2) is 5.96 Å². The number of hydrogen-bond donors (Lipinski definition) is 2. The van der Waals surface area contributed by atoms with Crippen LogP contribution in [0, 0.1) is 12.3 Å². The SMILES string of the molecule is C#CCNC(=NCCC(=O)OC)NCC.I. The highest BCUT2D eigenvalue weighted by Crippen LogP contribution is 1.85. The van der Waals surface area contributed by atoms with Crippen LogP contribution in [0.4, 0.5) is 0 Å². The summed E-state index contributed by atoms with van der Waals surface area (Å²) in [6, 6.07) is 0. The van der Waals surface area contributed by atoms with Crippen LogP contribution in [0.2, 0.25) is 0 Å². The van der Waals surface area contributed by atoms with E-state index in [9.17, 15) is 4.79 Å². The van der Waals surface area contributed by atoms with E-state index < -0.39 is 0 Å². The lowest BCUT2D eigenvalue weighted by Crippen LogP contribution is -2.37. The monoisotopic (exact) mass is 339 g/mol. The highest BCUT2D eigenvalue weighted by molar-refractivity contribution is 14.0. The topological polar surface area (TPSA) is 62.7 Å². The molecule has 0 amide bonds. The number of terminal acetylenes is 1. The van der Waals surface area contributed by atoms with E-state index in [2.05, 4.69) is 26.3 Å². The van der Waals surface area contributed by atoms with Crippen molar-refractivity contribution in [3.63, 3.8) is 0 Å². The van der Waals surface area contributed by atoms with Gasteiger partial charge in [-0.3, -0.25) is 9.79 Å². The maximum atomic E-state index is 10.8. The molecule has 0 aliphatic heterocycles. The molecule has 0 bridgehead atoms. The van der Waals surface area contributed by atoms with E-state index in [4.69, 9.17) is 6.42 Å². The fourth-order valence-electron chi connectivity index (χ4n) is 0.838. The van der Waals surface area contributed by atoms with Crippen LogP contribution >= 0.6 is 24.0 Å². The summed E-state index contributed by atoms with van der Waals surface area (Å²) in [6.45, 7) is 3.48. The van der Waals surface area contributed by atoms with Crippen LogP contribution in [0.5, 0.6) is 0 Å². The maximum absolute atomic E-state index is 10.8. The van der Waals surface area contributed by atoms with Crippen molar-refractivity contribution in [2.75, 3.05) is 26.7 Å². The molecule has 0 saturated carbocycles. The molecule has 0 spiro atoms. The molecular weight excluding hydrogens is 321 g/mol. The van der Waals surface area contributed by atoms with Gasteiger partial charge in [0.05, 0.1) is 26.6 Å². The molecule has 0 aliphatic rings. The summed E-state index contributed by atoms with van der Waals surface area (Å²) < 4.78 is 4.49. The molecule has 0 aliphatic carbocycles. The number of nitrogens with one attached hydrogen (secondary N) is 2. The van der Waals surface area contributed by atoms with Gasteiger partial charge in [-0.25, -0.2) is 0 Å². The fraction of sp³-hybridized carbons (Fsp3) is 0.600. The van der Waals surface area contributed by atoms with Gasteiger partial charge in [-0.2, -0.15) is 0 Å². The quantitative estimate of drug-likeness (QED) is 0.250. The minimum absolute atomic E-state index is 0. The number of nitrogens with zero attached hydrogens (tertiary/aromatic N) is 1. The molecule has 2 N–H and O–H groups in total. The zero-order chi connectivity index (χ0) is 11.5. The zero-order valence-corrected chi connectivity index (χ0v) is 11.9. The predicted molar refractivity (Wildman–Crippen MR) is 74.9 cm³/mol. The van der Waals surface area contributed by atoms with Crippen LogP contribution in [0.25, 0.3) is 0 Å². The standard InChI is InChI=1S/C10H17N3O2.HI/c1-4-7-12-10(11-5-2)13-8-6-9(14)15-3;/h1H,5-8H2,2-3H3,(H2,11,12,13);1H. The molecule has 0 aromatic heterocycles. The van der Waals surface area contributed by atoms with Crippen LogP contribution < -0.4 is 10.6 Å². The summed E-state index contributed by atoms with van der Waals surface area (Å²) in [6.07, 6.45) is 5.37. The normalized spacial score (nSPS) is 9.69. The number of rotatable bonds is 5. The average molecular weight is 339 g/mol. The van der Waals surface area contributed by atoms with Gasteiger partial charge in [0, 0.05) is 6.54 Å². The Morgan fingerprint density at radius 3 is 2.69 bits per heavy atom. The van der Waals surface area contributed by atoms with Crippen molar-refractivity contribution in [3.05, 3.63) is 0 Å². The minimum Gasteiger partial charge on any atom is -0.469 e. The van der Waals surface area contributed by atoms with Crippen LogP contribution in [-0.4, -0.2) is 38.7 Å². The maximum Gasteiger partial charge on any atom is 0.307 e. The first-order valence-electron chi connectivity index (χ1n) is 4.77. The molecular formula is C10H18IN3O2. The average Bonchev–Trinajstić information content (AvgIpc) is 2.25. The smallest absolute Gasteiger partial charge is 0.307 e. The van der Waals surface area contributed by atoms with Crippen LogP contribution in [0.3, 0.4) is 0 Å². The first kappa shape index (κ1) is 17.4. The molecule has 92 valence electrons.